The van der Waals surface area contributed by atoms with E-state index in [2.05, 4.69) is 14.7 Å². The van der Waals surface area contributed by atoms with E-state index in [4.69, 9.17) is 0 Å². The Balaban J connectivity index is 2.39. The van der Waals surface area contributed by atoms with Gasteiger partial charge in [-0.2, -0.15) is 0 Å². The monoisotopic (exact) mass is 206 g/mol. The number of nitrogens with zero attached hydrogens (tertiary/aromatic N) is 1. The predicted octanol–water partition coefficient (Wildman–Crippen LogP) is 0.769. The molecule has 0 saturated carbocycles. The average molecular weight is 206 g/mol. The van der Waals surface area contributed by atoms with Crippen LogP contribution in [0.15, 0.2) is 24.5 Å². The number of rotatable bonds is 2. The zero-order chi connectivity index (χ0) is 10.8. The second-order valence-corrected chi connectivity index (χ2v) is 3.10. The maximum Gasteiger partial charge on any atom is 0.339 e. The van der Waals surface area contributed by atoms with Crippen molar-refractivity contribution in [3.05, 3.63) is 30.1 Å². The summed E-state index contributed by atoms with van der Waals surface area (Å²) in [7, 11) is 1.24. The standard InChI is InChI=1S/C10H10N2O3/c1-15-10(14)9(13)6-2-3-7-8(4-6)12-5-11-7/h2-5,9,13H,1H3,(H,11,12). The van der Waals surface area contributed by atoms with Gasteiger partial charge in [0.15, 0.2) is 6.10 Å². The Morgan fingerprint density at radius 3 is 3.13 bits per heavy atom. The van der Waals surface area contributed by atoms with E-state index in [0.29, 0.717) is 5.56 Å². The van der Waals surface area contributed by atoms with Crippen molar-refractivity contribution in [2.45, 2.75) is 6.10 Å². The van der Waals surface area contributed by atoms with E-state index in [1.54, 1.807) is 24.5 Å². The Morgan fingerprint density at radius 1 is 1.60 bits per heavy atom. The summed E-state index contributed by atoms with van der Waals surface area (Å²) in [5.41, 5.74) is 2.05. The van der Waals surface area contributed by atoms with Crippen LogP contribution < -0.4 is 0 Å². The average Bonchev–Trinajstić information content (AvgIpc) is 2.73. The van der Waals surface area contributed by atoms with Crippen LogP contribution in [0.4, 0.5) is 0 Å². The van der Waals surface area contributed by atoms with Crippen molar-refractivity contribution in [1.29, 1.82) is 0 Å². The van der Waals surface area contributed by atoms with Crippen LogP contribution in [0.1, 0.15) is 11.7 Å². The fraction of sp³-hybridized carbons (Fsp3) is 0.200. The highest BCUT2D eigenvalue weighted by atomic mass is 16.5. The third-order valence-electron chi connectivity index (χ3n) is 2.18. The number of H-pyrrole nitrogens is 1. The Morgan fingerprint density at radius 2 is 2.40 bits per heavy atom. The van der Waals surface area contributed by atoms with Gasteiger partial charge in [0.1, 0.15) is 0 Å². The summed E-state index contributed by atoms with van der Waals surface area (Å²) >= 11 is 0. The second kappa shape index (κ2) is 3.70. The highest BCUT2D eigenvalue weighted by Crippen LogP contribution is 2.18. The van der Waals surface area contributed by atoms with Crippen LogP contribution in [-0.2, 0) is 9.53 Å². The van der Waals surface area contributed by atoms with Crippen LogP contribution in [0, 0.1) is 0 Å². The van der Waals surface area contributed by atoms with Crippen molar-refractivity contribution in [3.63, 3.8) is 0 Å². The summed E-state index contributed by atoms with van der Waals surface area (Å²) in [6, 6.07) is 5.04. The molecule has 0 amide bonds. The molecule has 78 valence electrons. The molecule has 1 aromatic carbocycles. The van der Waals surface area contributed by atoms with E-state index in [0.717, 1.165) is 11.0 Å². The Hall–Kier alpha value is -1.88. The number of hydrogen-bond acceptors (Lipinski definition) is 4. The van der Waals surface area contributed by atoms with Gasteiger partial charge >= 0.3 is 5.97 Å². The maximum atomic E-state index is 11.1. The van der Waals surface area contributed by atoms with E-state index in [9.17, 15) is 9.90 Å². The molecule has 0 aliphatic heterocycles. The molecule has 0 aliphatic carbocycles. The SMILES string of the molecule is COC(=O)C(O)c1ccc2nc[nH]c2c1. The van der Waals surface area contributed by atoms with Crippen LogP contribution in [0.2, 0.25) is 0 Å². The number of ether oxygens (including phenoxy) is 1. The van der Waals surface area contributed by atoms with Gasteiger partial charge in [0.05, 0.1) is 24.5 Å². The molecule has 0 radical (unpaired) electrons. The van der Waals surface area contributed by atoms with Gasteiger partial charge < -0.3 is 14.8 Å². The number of aromatic amines is 1. The molecule has 0 spiro atoms. The lowest BCUT2D eigenvalue weighted by Gasteiger charge is -2.07. The molecule has 1 heterocycles. The minimum atomic E-state index is -1.25. The van der Waals surface area contributed by atoms with Gasteiger partial charge in [-0.15, -0.1) is 0 Å². The lowest BCUT2D eigenvalue weighted by molar-refractivity contribution is -0.150. The van der Waals surface area contributed by atoms with E-state index >= 15 is 0 Å². The van der Waals surface area contributed by atoms with Crippen molar-refractivity contribution in [1.82, 2.24) is 9.97 Å². The summed E-state index contributed by atoms with van der Waals surface area (Å²) in [6.45, 7) is 0. The van der Waals surface area contributed by atoms with Crippen molar-refractivity contribution in [2.75, 3.05) is 7.11 Å². The van der Waals surface area contributed by atoms with Crippen LogP contribution in [0.25, 0.3) is 11.0 Å². The van der Waals surface area contributed by atoms with Crippen molar-refractivity contribution in [2.24, 2.45) is 0 Å². The molecule has 1 atom stereocenters. The highest BCUT2D eigenvalue weighted by molar-refractivity contribution is 5.80. The van der Waals surface area contributed by atoms with Crippen molar-refractivity contribution < 1.29 is 14.6 Å². The molecule has 2 aromatic rings. The fourth-order valence-electron chi connectivity index (χ4n) is 1.37. The number of imidazole rings is 1. The van der Waals surface area contributed by atoms with Crippen LogP contribution >= 0.6 is 0 Å². The molecule has 5 heteroatoms. The largest absolute Gasteiger partial charge is 0.467 e. The van der Waals surface area contributed by atoms with Crippen molar-refractivity contribution >= 4 is 17.0 Å². The third-order valence-corrected chi connectivity index (χ3v) is 2.18. The molecule has 0 saturated heterocycles. The van der Waals surface area contributed by atoms with Crippen LogP contribution in [0.3, 0.4) is 0 Å². The molecule has 0 aliphatic rings. The van der Waals surface area contributed by atoms with Gasteiger partial charge in [-0.05, 0) is 17.7 Å². The highest BCUT2D eigenvalue weighted by Gasteiger charge is 2.18. The topological polar surface area (TPSA) is 75.2 Å². The molecule has 1 unspecified atom stereocenters. The van der Waals surface area contributed by atoms with Gasteiger partial charge in [0, 0.05) is 0 Å². The summed E-state index contributed by atoms with van der Waals surface area (Å²) in [5.74, 6) is -0.672. The summed E-state index contributed by atoms with van der Waals surface area (Å²) in [4.78, 5) is 18.0. The molecular weight excluding hydrogens is 196 g/mol. The summed E-state index contributed by atoms with van der Waals surface area (Å²) in [6.07, 6.45) is 0.307. The first kappa shape index (κ1) is 9.67. The van der Waals surface area contributed by atoms with Gasteiger partial charge in [-0.3, -0.25) is 0 Å². The van der Waals surface area contributed by atoms with Gasteiger partial charge in [-0.25, -0.2) is 9.78 Å². The lowest BCUT2D eigenvalue weighted by atomic mass is 10.1. The van der Waals surface area contributed by atoms with Gasteiger partial charge in [0.2, 0.25) is 0 Å². The molecule has 2 rings (SSSR count). The number of nitrogens with one attached hydrogen (secondary N) is 1. The Kier molecular flexibility index (Phi) is 2.39. The third kappa shape index (κ3) is 1.69. The number of aromatic nitrogens is 2. The van der Waals surface area contributed by atoms with E-state index in [1.807, 2.05) is 0 Å². The lowest BCUT2D eigenvalue weighted by Crippen LogP contribution is -2.13. The molecule has 0 bridgehead atoms. The second-order valence-electron chi connectivity index (χ2n) is 3.10. The van der Waals surface area contributed by atoms with E-state index in [-0.39, 0.29) is 0 Å². The summed E-state index contributed by atoms with van der Waals surface area (Å²) < 4.78 is 4.45. The fourth-order valence-corrected chi connectivity index (χ4v) is 1.37. The van der Waals surface area contributed by atoms with Gasteiger partial charge in [0.25, 0.3) is 0 Å². The minimum absolute atomic E-state index is 0.485. The quantitative estimate of drug-likeness (QED) is 0.711. The first-order chi connectivity index (χ1) is 7.22. The van der Waals surface area contributed by atoms with Crippen LogP contribution in [-0.4, -0.2) is 28.2 Å². The first-order valence-corrected chi connectivity index (χ1v) is 4.41. The number of hydrogen-bond donors (Lipinski definition) is 2. The predicted molar refractivity (Wildman–Crippen MR) is 53.1 cm³/mol. The number of carbonyl (C=O) groups is 1. The Bertz CT molecular complexity index is 492. The zero-order valence-corrected chi connectivity index (χ0v) is 8.10. The number of benzene rings is 1. The number of aliphatic hydroxyl groups is 1. The van der Waals surface area contributed by atoms with Gasteiger partial charge in [-0.1, -0.05) is 6.07 Å². The molecule has 1 aromatic heterocycles. The van der Waals surface area contributed by atoms with E-state index < -0.39 is 12.1 Å². The number of carbonyl (C=O) groups excluding carboxylic acids is 1. The van der Waals surface area contributed by atoms with Crippen molar-refractivity contribution in [3.8, 4) is 0 Å². The molecule has 0 fully saturated rings. The molecule has 2 N–H and O–H groups in total. The minimum Gasteiger partial charge on any atom is -0.467 e. The molecule has 5 nitrogen and oxygen atoms in total. The van der Waals surface area contributed by atoms with Crippen LogP contribution in [0.5, 0.6) is 0 Å². The number of esters is 1. The molecule has 15 heavy (non-hydrogen) atoms. The first-order valence-electron chi connectivity index (χ1n) is 4.41. The number of aliphatic hydroxyl groups excluding tert-OH is 1. The number of fused-ring (bicyclic) bond motifs is 1. The molecular formula is C10H10N2O3. The van der Waals surface area contributed by atoms with E-state index in [1.165, 1.54) is 7.11 Å². The Labute approximate surface area is 85.7 Å². The maximum absolute atomic E-state index is 11.1. The summed E-state index contributed by atoms with van der Waals surface area (Å²) in [5, 5.41) is 9.58. The number of methoxy groups -OCH3 is 1. The zero-order valence-electron chi connectivity index (χ0n) is 8.10. The smallest absolute Gasteiger partial charge is 0.339 e. The normalized spacial score (nSPS) is 12.7.